The average molecular weight is 198 g/mol. The van der Waals surface area contributed by atoms with E-state index in [9.17, 15) is 0 Å². The molecule has 84 valence electrons. The fraction of sp³-hybridized carbons (Fsp3) is 1.00. The number of hydrogen-bond acceptors (Lipinski definition) is 2. The van der Waals surface area contributed by atoms with Gasteiger partial charge in [-0.3, -0.25) is 0 Å². The molecule has 1 saturated carbocycles. The van der Waals surface area contributed by atoms with Gasteiger partial charge in [0.15, 0.2) is 0 Å². The van der Waals surface area contributed by atoms with Gasteiger partial charge in [0.25, 0.3) is 0 Å². The largest absolute Gasteiger partial charge is 0.315 e. The molecule has 0 bridgehead atoms. The smallest absolute Gasteiger partial charge is 0.0104 e. The minimum absolute atomic E-state index is 0.422. The highest BCUT2D eigenvalue weighted by Crippen LogP contribution is 2.27. The van der Waals surface area contributed by atoms with Crippen molar-refractivity contribution in [1.29, 1.82) is 0 Å². The van der Waals surface area contributed by atoms with Crippen LogP contribution in [0, 0.1) is 11.3 Å². The first-order chi connectivity index (χ1) is 6.47. The lowest BCUT2D eigenvalue weighted by Crippen LogP contribution is -2.35. The van der Waals surface area contributed by atoms with Crippen molar-refractivity contribution in [3.63, 3.8) is 0 Å². The van der Waals surface area contributed by atoms with E-state index >= 15 is 0 Å². The Balaban J connectivity index is 1.93. The Bertz CT molecular complexity index is 156. The fourth-order valence-electron chi connectivity index (χ4n) is 1.79. The van der Waals surface area contributed by atoms with Gasteiger partial charge in [0.05, 0.1) is 0 Å². The molecule has 0 spiro atoms. The first kappa shape index (κ1) is 12.0. The van der Waals surface area contributed by atoms with E-state index < -0.39 is 0 Å². The molecule has 0 saturated heterocycles. The summed E-state index contributed by atoms with van der Waals surface area (Å²) in [6.45, 7) is 11.6. The lowest BCUT2D eigenvalue weighted by molar-refractivity contribution is 0.227. The standard InChI is InChI=1S/C12H26N2/c1-12(2,3)10-14(4)8-7-13-9-11-5-6-11/h11,13H,5-10H2,1-4H3. The van der Waals surface area contributed by atoms with Gasteiger partial charge in [0.2, 0.25) is 0 Å². The van der Waals surface area contributed by atoms with Gasteiger partial charge >= 0.3 is 0 Å². The summed E-state index contributed by atoms with van der Waals surface area (Å²) in [5, 5.41) is 3.52. The van der Waals surface area contributed by atoms with Crippen LogP contribution < -0.4 is 5.32 Å². The number of rotatable bonds is 6. The van der Waals surface area contributed by atoms with E-state index in [0.717, 1.165) is 12.5 Å². The van der Waals surface area contributed by atoms with Gasteiger partial charge in [-0.25, -0.2) is 0 Å². The summed E-state index contributed by atoms with van der Waals surface area (Å²) in [4.78, 5) is 2.42. The topological polar surface area (TPSA) is 15.3 Å². The predicted octanol–water partition coefficient (Wildman–Crippen LogP) is 1.96. The van der Waals surface area contributed by atoms with Crippen LogP contribution in [0.15, 0.2) is 0 Å². The number of likely N-dealkylation sites (N-methyl/N-ethyl adjacent to an activating group) is 1. The van der Waals surface area contributed by atoms with Crippen LogP contribution in [0.2, 0.25) is 0 Å². The zero-order chi connectivity index (χ0) is 10.6. The van der Waals surface area contributed by atoms with Crippen LogP contribution in [0.3, 0.4) is 0 Å². The molecule has 0 amide bonds. The molecule has 1 N–H and O–H groups in total. The van der Waals surface area contributed by atoms with Crippen molar-refractivity contribution in [2.45, 2.75) is 33.6 Å². The van der Waals surface area contributed by atoms with Crippen LogP contribution in [-0.4, -0.2) is 38.1 Å². The maximum atomic E-state index is 3.52. The molecule has 1 aliphatic rings. The minimum atomic E-state index is 0.422. The van der Waals surface area contributed by atoms with Gasteiger partial charge in [-0.1, -0.05) is 20.8 Å². The highest BCUT2D eigenvalue weighted by atomic mass is 15.1. The van der Waals surface area contributed by atoms with Gasteiger partial charge in [-0.15, -0.1) is 0 Å². The van der Waals surface area contributed by atoms with Gasteiger partial charge < -0.3 is 10.2 Å². The van der Waals surface area contributed by atoms with Gasteiger partial charge in [0.1, 0.15) is 0 Å². The minimum Gasteiger partial charge on any atom is -0.315 e. The van der Waals surface area contributed by atoms with Crippen LogP contribution in [0.25, 0.3) is 0 Å². The van der Waals surface area contributed by atoms with Crippen molar-refractivity contribution in [1.82, 2.24) is 10.2 Å². The normalized spacial score (nSPS) is 17.8. The quantitative estimate of drug-likeness (QED) is 0.656. The van der Waals surface area contributed by atoms with Crippen molar-refractivity contribution < 1.29 is 0 Å². The Morgan fingerprint density at radius 1 is 1.29 bits per heavy atom. The SMILES string of the molecule is CN(CCNCC1CC1)CC(C)(C)C. The lowest BCUT2D eigenvalue weighted by Gasteiger charge is -2.26. The zero-order valence-electron chi connectivity index (χ0n) is 10.3. The third-order valence-electron chi connectivity index (χ3n) is 2.54. The first-order valence-electron chi connectivity index (χ1n) is 5.87. The molecule has 0 aliphatic heterocycles. The molecule has 2 nitrogen and oxygen atoms in total. The molecule has 1 rings (SSSR count). The molecule has 2 heteroatoms. The molecule has 14 heavy (non-hydrogen) atoms. The molecule has 0 aromatic rings. The third kappa shape index (κ3) is 6.39. The Kier molecular flexibility index (Phi) is 4.39. The number of nitrogens with zero attached hydrogens (tertiary/aromatic N) is 1. The third-order valence-corrected chi connectivity index (χ3v) is 2.54. The van der Waals surface area contributed by atoms with Crippen molar-refractivity contribution >= 4 is 0 Å². The molecule has 0 aromatic carbocycles. The lowest BCUT2D eigenvalue weighted by atomic mass is 9.96. The van der Waals surface area contributed by atoms with E-state index in [2.05, 4.69) is 38.0 Å². The van der Waals surface area contributed by atoms with Crippen LogP contribution in [0.1, 0.15) is 33.6 Å². The molecular formula is C12H26N2. The maximum Gasteiger partial charge on any atom is 0.0104 e. The summed E-state index contributed by atoms with van der Waals surface area (Å²) in [6, 6.07) is 0. The molecule has 0 radical (unpaired) electrons. The van der Waals surface area contributed by atoms with E-state index in [-0.39, 0.29) is 0 Å². The molecule has 0 unspecified atom stereocenters. The molecule has 0 atom stereocenters. The summed E-state index contributed by atoms with van der Waals surface area (Å²) < 4.78 is 0. The molecular weight excluding hydrogens is 172 g/mol. The van der Waals surface area contributed by atoms with Crippen LogP contribution in [0.5, 0.6) is 0 Å². The zero-order valence-corrected chi connectivity index (χ0v) is 10.3. The van der Waals surface area contributed by atoms with E-state index in [1.165, 1.54) is 32.5 Å². The van der Waals surface area contributed by atoms with E-state index in [1.807, 2.05) is 0 Å². The van der Waals surface area contributed by atoms with Crippen LogP contribution in [0.4, 0.5) is 0 Å². The molecule has 0 aromatic heterocycles. The van der Waals surface area contributed by atoms with Crippen molar-refractivity contribution in [2.75, 3.05) is 33.2 Å². The molecule has 0 heterocycles. The summed E-state index contributed by atoms with van der Waals surface area (Å²) in [6.07, 6.45) is 2.90. The van der Waals surface area contributed by atoms with Gasteiger partial charge in [-0.2, -0.15) is 0 Å². The first-order valence-corrected chi connectivity index (χ1v) is 5.87. The Morgan fingerprint density at radius 3 is 2.43 bits per heavy atom. The Morgan fingerprint density at radius 2 is 1.93 bits per heavy atom. The maximum absolute atomic E-state index is 3.52. The summed E-state index contributed by atoms with van der Waals surface area (Å²) in [5.74, 6) is 1.00. The van der Waals surface area contributed by atoms with Gasteiger partial charge in [0, 0.05) is 19.6 Å². The highest BCUT2D eigenvalue weighted by molar-refractivity contribution is 4.75. The Hall–Kier alpha value is -0.0800. The fourth-order valence-corrected chi connectivity index (χ4v) is 1.79. The second-order valence-electron chi connectivity index (χ2n) is 5.95. The Labute approximate surface area is 89.1 Å². The van der Waals surface area contributed by atoms with E-state index in [4.69, 9.17) is 0 Å². The monoisotopic (exact) mass is 198 g/mol. The van der Waals surface area contributed by atoms with Crippen molar-refractivity contribution in [3.8, 4) is 0 Å². The number of nitrogens with one attached hydrogen (secondary N) is 1. The highest BCUT2D eigenvalue weighted by Gasteiger charge is 2.20. The second-order valence-corrected chi connectivity index (χ2v) is 5.95. The van der Waals surface area contributed by atoms with E-state index in [0.29, 0.717) is 5.41 Å². The van der Waals surface area contributed by atoms with Crippen molar-refractivity contribution in [2.24, 2.45) is 11.3 Å². The summed E-state index contributed by atoms with van der Waals surface area (Å²) >= 11 is 0. The second kappa shape index (κ2) is 5.13. The molecule has 1 aliphatic carbocycles. The predicted molar refractivity (Wildman–Crippen MR) is 62.5 cm³/mol. The average Bonchev–Trinajstić information content (AvgIpc) is 2.77. The van der Waals surface area contributed by atoms with Crippen molar-refractivity contribution in [3.05, 3.63) is 0 Å². The van der Waals surface area contributed by atoms with Crippen LogP contribution in [-0.2, 0) is 0 Å². The summed E-state index contributed by atoms with van der Waals surface area (Å²) in [7, 11) is 2.21. The van der Waals surface area contributed by atoms with Crippen LogP contribution >= 0.6 is 0 Å². The van der Waals surface area contributed by atoms with Gasteiger partial charge in [-0.05, 0) is 37.8 Å². The van der Waals surface area contributed by atoms with E-state index in [1.54, 1.807) is 0 Å². The number of hydrogen-bond donors (Lipinski definition) is 1. The summed E-state index contributed by atoms with van der Waals surface area (Å²) in [5.41, 5.74) is 0.422. The molecule has 1 fully saturated rings.